The van der Waals surface area contributed by atoms with Crippen molar-refractivity contribution in [1.82, 2.24) is 36.0 Å². The molecule has 0 aromatic heterocycles. The van der Waals surface area contributed by atoms with Gasteiger partial charge in [0.05, 0.1) is 157 Å². The Morgan fingerprint density at radius 3 is 0.979 bits per heavy atom. The number of phosphoric ester groups is 2. The van der Waals surface area contributed by atoms with Crippen LogP contribution in [-0.2, 0) is 132 Å². The van der Waals surface area contributed by atoms with Crippen LogP contribution >= 0.6 is 15.6 Å². The van der Waals surface area contributed by atoms with Crippen LogP contribution in [0.3, 0.4) is 0 Å². The Hall–Kier alpha value is -5.03. The van der Waals surface area contributed by atoms with Gasteiger partial charge in [-0.05, 0) is 136 Å². The van der Waals surface area contributed by atoms with Crippen LogP contribution < -0.4 is 21.3 Å². The van der Waals surface area contributed by atoms with Crippen LogP contribution in [0.4, 0.5) is 0 Å². The van der Waals surface area contributed by atoms with E-state index >= 15 is 0 Å². The molecule has 0 aromatic carbocycles. The number of ketones is 2. The predicted molar refractivity (Wildman–Crippen MR) is 521 cm³/mol. The molecule has 0 saturated carbocycles. The molecular weight excluding hydrogens is 1950 g/mol. The highest BCUT2D eigenvalue weighted by molar-refractivity contribution is 7.47. The Morgan fingerprint density at radius 2 is 0.641 bits per heavy atom. The zero-order valence-electron chi connectivity index (χ0n) is 86.6. The van der Waals surface area contributed by atoms with Crippen molar-refractivity contribution in [3.8, 4) is 0 Å². The predicted octanol–water partition coefficient (Wildman–Crippen LogP) is 3.15. The number of piperidine rings is 3. The number of unbranched alkanes of at least 4 members (excludes halogenated alkanes) is 11. The maximum atomic E-state index is 14.4. The average Bonchev–Trinajstić information content (AvgIpc) is 0.789. The van der Waals surface area contributed by atoms with Gasteiger partial charge in [-0.15, -0.1) is 0 Å². The molecule has 6 aliphatic heterocycles. The SMILES string of the molecule is CC(=O)N[C@H]1[C@H](OCCCCC(=O)CCCCCCC(=O)N2CCC(COP(=O)(O)OCC3(CO)CCN(C(=O)CCCCCCC(=O)CCCCO[C@@H]4O[C@H](CO)[C@H](O)[C@H](O)[C@H]4NC(C)=O)CC3)(COP(=O)(O)OCC3(COCCOCCOCCOCCOCCOCCOC(C)(C)C)CCN(C(=O)CCCCCNC(=O)CCCCO[C@@H]4O[C@H](CO)[C@H](O)[C@H](O)[C@H]4NC(C)=O)CC3)CC2)O[C@H](CO)[C@H](C)[C@@H]1O. The van der Waals surface area contributed by atoms with Gasteiger partial charge in [0.15, 0.2) is 18.9 Å². The first-order chi connectivity index (χ1) is 69.2. The van der Waals surface area contributed by atoms with E-state index in [9.17, 15) is 108 Å². The molecule has 145 heavy (non-hydrogen) atoms. The molecule has 48 heteroatoms. The van der Waals surface area contributed by atoms with Crippen LogP contribution in [0.25, 0.3) is 0 Å². The number of carbonyl (C=O) groups is 9. The van der Waals surface area contributed by atoms with Gasteiger partial charge in [-0.2, -0.15) is 0 Å². The number of aliphatic hydroxyl groups excluding tert-OH is 9. The minimum absolute atomic E-state index is 0.0230. The van der Waals surface area contributed by atoms with Crippen LogP contribution in [0.15, 0.2) is 0 Å². The molecule has 0 bridgehead atoms. The third-order valence-corrected chi connectivity index (χ3v) is 28.9. The van der Waals surface area contributed by atoms with Crippen LogP contribution in [0, 0.1) is 22.2 Å². The first kappa shape index (κ1) is 129. The first-order valence-electron chi connectivity index (χ1n) is 52.1. The van der Waals surface area contributed by atoms with Gasteiger partial charge in [-0.3, -0.25) is 61.2 Å². The van der Waals surface area contributed by atoms with Crippen molar-refractivity contribution < 1.29 is 188 Å². The zero-order chi connectivity index (χ0) is 106. The molecular formula is C97H175N7O39P2. The second kappa shape index (κ2) is 69.6. The standard InChI is InChI=1S/C97H175N7O39P2/c1-70-76(61-105)141-91(83(86(70)118)99-71(2)109)133-46-22-18-27-74(112)25-14-9-11-16-31-81(116)104-44-37-97(38-45-104,68-139-144(123,124)137-66-95(64-108)33-40-102(41-34-95)80(115)30-15-10-8-13-26-75(113)28-19-23-47-134-92-84(100-72(3)110)89(121)87(119)77(62-106)142-92)69-140-145(125,126)138-67-96(65-132-58-57-130-54-53-128-50-49-127-51-52-129-55-56-131-59-60-136-94(5,6)7)35-42-103(43-36-96)82(117)32-17-12-21-39-98-79(114)29-20-24-48-135-93-85(101-73(4)111)90(122)88(120)78(63-107)143-93/h70,76-78,83-93,105-108,118-122H,8-69H2,1-7H3,(H,98,114)(H,99,109)(H,100,110)(H,101,111)(H,123,124)(H,125,126)/t70-,76+,77+,78+,83+,84+,85+,86-,87-,88-,89+,90+,91+,92+,93+/m0/s1. The number of aliphatic hydroxyl groups is 9. The third kappa shape index (κ3) is 50.2. The summed E-state index contributed by atoms with van der Waals surface area (Å²) in [6, 6.07) is -3.00. The monoisotopic (exact) mass is 2120 g/mol. The number of hydrogen-bond donors (Lipinski definition) is 15. The Labute approximate surface area is 853 Å². The normalized spacial score (nSPS) is 25.2. The van der Waals surface area contributed by atoms with Gasteiger partial charge in [0.1, 0.15) is 66.3 Å². The van der Waals surface area contributed by atoms with Crippen molar-refractivity contribution in [2.45, 2.75) is 339 Å². The van der Waals surface area contributed by atoms with E-state index in [0.717, 1.165) is 0 Å². The molecule has 6 saturated heterocycles. The summed E-state index contributed by atoms with van der Waals surface area (Å²) in [6.07, 6.45) is -0.0832. The molecule has 2 unspecified atom stereocenters. The number of likely N-dealkylation sites (tertiary alicyclic amines) is 3. The van der Waals surface area contributed by atoms with E-state index in [1.807, 2.05) is 20.8 Å². The van der Waals surface area contributed by atoms with E-state index in [-0.39, 0.29) is 216 Å². The van der Waals surface area contributed by atoms with E-state index in [0.29, 0.717) is 194 Å². The Balaban J connectivity index is 0.994. The molecule has 7 amide bonds. The van der Waals surface area contributed by atoms with Gasteiger partial charge in [0.25, 0.3) is 0 Å². The highest BCUT2D eigenvalue weighted by atomic mass is 31.2. The number of phosphoric acid groups is 2. The molecule has 6 fully saturated rings. The molecule has 0 spiro atoms. The second-order valence-electron chi connectivity index (χ2n) is 40.1. The summed E-state index contributed by atoms with van der Waals surface area (Å²) in [5.74, 6) is -2.25. The molecule has 17 atom stereocenters. The van der Waals surface area contributed by atoms with E-state index in [2.05, 4.69) is 21.3 Å². The summed E-state index contributed by atoms with van der Waals surface area (Å²) in [5, 5.41) is 103. The lowest BCUT2D eigenvalue weighted by Crippen LogP contribution is -2.64. The quantitative estimate of drug-likeness (QED) is 0.0307. The second-order valence-corrected chi connectivity index (χ2v) is 43.0. The number of ether oxygens (including phenoxy) is 13. The van der Waals surface area contributed by atoms with E-state index < -0.39 is 175 Å². The van der Waals surface area contributed by atoms with Crippen molar-refractivity contribution in [3.63, 3.8) is 0 Å². The number of nitrogens with one attached hydrogen (secondary N) is 4. The smallest absolute Gasteiger partial charge is 0.396 e. The number of carbonyl (C=O) groups excluding carboxylic acids is 9. The Morgan fingerprint density at radius 1 is 0.352 bits per heavy atom. The van der Waals surface area contributed by atoms with Gasteiger partial charge in [-0.1, -0.05) is 39.0 Å². The number of amides is 7. The summed E-state index contributed by atoms with van der Waals surface area (Å²) >= 11 is 0. The highest BCUT2D eigenvalue weighted by Crippen LogP contribution is 2.52. The minimum Gasteiger partial charge on any atom is -0.396 e. The lowest BCUT2D eigenvalue weighted by atomic mass is 9.80. The average molecular weight is 2130 g/mol. The van der Waals surface area contributed by atoms with Gasteiger partial charge in [0, 0.05) is 160 Å². The highest BCUT2D eigenvalue weighted by Gasteiger charge is 2.50. The van der Waals surface area contributed by atoms with Crippen LogP contribution in [-0.4, -0.2) is 419 Å². The van der Waals surface area contributed by atoms with Crippen molar-refractivity contribution in [2.24, 2.45) is 22.2 Å². The number of rotatable bonds is 77. The molecule has 0 aromatic rings. The Kier molecular flexibility index (Phi) is 61.7. The first-order valence-corrected chi connectivity index (χ1v) is 55.1. The zero-order valence-corrected chi connectivity index (χ0v) is 88.4. The van der Waals surface area contributed by atoms with Crippen molar-refractivity contribution in [3.05, 3.63) is 0 Å². The topological polar surface area (TPSA) is 625 Å². The van der Waals surface area contributed by atoms with Crippen LogP contribution in [0.5, 0.6) is 0 Å². The fraction of sp³-hybridized carbons (Fsp3) is 0.907. The summed E-state index contributed by atoms with van der Waals surface area (Å²) in [7, 11) is -10.0. The fourth-order valence-electron chi connectivity index (χ4n) is 17.9. The van der Waals surface area contributed by atoms with E-state index in [1.54, 1.807) is 21.6 Å². The summed E-state index contributed by atoms with van der Waals surface area (Å²) in [6.45, 7) is 13.6. The molecule has 6 aliphatic rings. The fourth-order valence-corrected chi connectivity index (χ4v) is 19.8. The van der Waals surface area contributed by atoms with Gasteiger partial charge in [-0.25, -0.2) is 9.13 Å². The molecule has 842 valence electrons. The summed E-state index contributed by atoms with van der Waals surface area (Å²) in [4.78, 5) is 143. The van der Waals surface area contributed by atoms with E-state index in [4.69, 9.17) is 79.7 Å². The third-order valence-electron chi connectivity index (χ3n) is 27.1. The van der Waals surface area contributed by atoms with Gasteiger partial charge < -0.3 is 153 Å². The maximum Gasteiger partial charge on any atom is 0.472 e. The summed E-state index contributed by atoms with van der Waals surface area (Å²) < 4.78 is 126. The molecule has 6 rings (SSSR count). The Bertz CT molecular complexity index is 3790. The summed E-state index contributed by atoms with van der Waals surface area (Å²) in [5.41, 5.74) is -3.51. The van der Waals surface area contributed by atoms with Crippen molar-refractivity contribution >= 4 is 68.6 Å². The largest absolute Gasteiger partial charge is 0.472 e. The van der Waals surface area contributed by atoms with Crippen LogP contribution in [0.1, 0.15) is 248 Å². The number of nitrogens with zero attached hydrogens (tertiary/aromatic N) is 3. The lowest BCUT2D eigenvalue weighted by molar-refractivity contribution is -0.270. The molecule has 6 heterocycles. The number of hydrogen-bond acceptors (Lipinski definition) is 37. The van der Waals surface area contributed by atoms with E-state index in [1.165, 1.54) is 20.8 Å². The molecule has 46 nitrogen and oxygen atoms in total. The van der Waals surface area contributed by atoms with Crippen molar-refractivity contribution in [2.75, 3.05) is 204 Å². The van der Waals surface area contributed by atoms with Crippen LogP contribution in [0.2, 0.25) is 0 Å². The lowest BCUT2D eigenvalue weighted by Gasteiger charge is -2.43. The molecule has 15 N–H and O–H groups in total. The number of Topliss-reactive ketones (excluding diaryl/α,β-unsaturated/α-hetero) is 2. The molecule has 0 aliphatic carbocycles. The maximum absolute atomic E-state index is 14.4. The van der Waals surface area contributed by atoms with Crippen molar-refractivity contribution in [1.29, 1.82) is 0 Å². The van der Waals surface area contributed by atoms with Gasteiger partial charge in [0.2, 0.25) is 41.4 Å². The van der Waals surface area contributed by atoms with Gasteiger partial charge >= 0.3 is 15.6 Å². The minimum atomic E-state index is -5.04. The molecule has 0 radical (unpaired) electrons.